The Morgan fingerprint density at radius 1 is 1.42 bits per heavy atom. The van der Waals surface area contributed by atoms with Gasteiger partial charge < -0.3 is 15.0 Å². The second-order valence-corrected chi connectivity index (χ2v) is 6.16. The number of hydrogen-bond acceptors (Lipinski definition) is 2. The van der Waals surface area contributed by atoms with Crippen LogP contribution >= 0.6 is 0 Å². The summed E-state index contributed by atoms with van der Waals surface area (Å²) in [7, 11) is 1.57. The maximum atomic E-state index is 12.7. The molecule has 1 N–H and O–H groups in total. The zero-order valence-electron chi connectivity index (χ0n) is 13.7. The number of nitrogens with zero attached hydrogens (tertiary/aromatic N) is 1. The van der Waals surface area contributed by atoms with Crippen LogP contribution < -0.4 is 5.32 Å². The van der Waals surface area contributed by atoms with Crippen molar-refractivity contribution < 1.29 is 22.7 Å². The Kier molecular flexibility index (Phi) is 6.48. The Balaban J connectivity index is 1.78. The van der Waals surface area contributed by atoms with Gasteiger partial charge in [0.25, 0.3) is 0 Å². The van der Waals surface area contributed by atoms with Crippen LogP contribution in [0.2, 0.25) is 0 Å². The lowest BCUT2D eigenvalue weighted by Crippen LogP contribution is -2.38. The van der Waals surface area contributed by atoms with Gasteiger partial charge in [-0.05, 0) is 42.9 Å². The zero-order valence-corrected chi connectivity index (χ0v) is 13.7. The van der Waals surface area contributed by atoms with Gasteiger partial charge in [-0.25, -0.2) is 4.79 Å². The molecule has 0 bridgehead atoms. The molecule has 1 aliphatic heterocycles. The van der Waals surface area contributed by atoms with Crippen LogP contribution in [-0.2, 0) is 17.5 Å². The van der Waals surface area contributed by atoms with E-state index in [2.05, 4.69) is 5.32 Å². The Hall–Kier alpha value is -1.76. The standard InChI is InChI=1S/C17H23F3N2O2/c1-22(11-14-4-2-6-15(10-14)17(18,19)20)16(23)21-8-7-13-5-3-9-24-12-13/h2,4,6,10,13H,3,5,7-9,11-12H2,1H3,(H,21,23)/t13-/m0/s1. The Bertz CT molecular complexity index is 543. The first-order chi connectivity index (χ1) is 11.4. The van der Waals surface area contributed by atoms with Gasteiger partial charge in [-0.2, -0.15) is 13.2 Å². The summed E-state index contributed by atoms with van der Waals surface area (Å²) in [5.74, 6) is 0.466. The minimum absolute atomic E-state index is 0.127. The van der Waals surface area contributed by atoms with Gasteiger partial charge in [0.2, 0.25) is 0 Å². The molecule has 0 spiro atoms. The normalized spacial score (nSPS) is 18.2. The van der Waals surface area contributed by atoms with Gasteiger partial charge in [-0.1, -0.05) is 12.1 Å². The van der Waals surface area contributed by atoms with Gasteiger partial charge in [0, 0.05) is 33.4 Å². The minimum atomic E-state index is -4.38. The van der Waals surface area contributed by atoms with Crippen molar-refractivity contribution in [1.82, 2.24) is 10.2 Å². The number of alkyl halides is 3. The van der Waals surface area contributed by atoms with E-state index < -0.39 is 11.7 Å². The first-order valence-corrected chi connectivity index (χ1v) is 8.09. The summed E-state index contributed by atoms with van der Waals surface area (Å²) in [4.78, 5) is 13.4. The number of urea groups is 1. The number of halogens is 3. The van der Waals surface area contributed by atoms with Gasteiger partial charge in [0.1, 0.15) is 0 Å². The highest BCUT2D eigenvalue weighted by Gasteiger charge is 2.30. The van der Waals surface area contributed by atoms with E-state index >= 15 is 0 Å². The van der Waals surface area contributed by atoms with Crippen LogP contribution in [0.25, 0.3) is 0 Å². The smallest absolute Gasteiger partial charge is 0.381 e. The molecular formula is C17H23F3N2O2. The third-order valence-corrected chi connectivity index (χ3v) is 4.10. The van der Waals surface area contributed by atoms with E-state index in [1.807, 2.05) is 0 Å². The number of ether oxygens (including phenoxy) is 1. The molecule has 1 aliphatic rings. The second-order valence-electron chi connectivity index (χ2n) is 6.16. The van der Waals surface area contributed by atoms with Crippen molar-refractivity contribution in [2.75, 3.05) is 26.8 Å². The highest BCUT2D eigenvalue weighted by Crippen LogP contribution is 2.29. The van der Waals surface area contributed by atoms with Gasteiger partial charge in [-0.15, -0.1) is 0 Å². The maximum absolute atomic E-state index is 12.7. The van der Waals surface area contributed by atoms with Crippen molar-refractivity contribution in [3.8, 4) is 0 Å². The van der Waals surface area contributed by atoms with E-state index in [-0.39, 0.29) is 12.6 Å². The molecular weight excluding hydrogens is 321 g/mol. The first kappa shape index (κ1) is 18.6. The summed E-state index contributed by atoms with van der Waals surface area (Å²) in [5.41, 5.74) is -0.255. The van der Waals surface area contributed by atoms with Gasteiger partial charge in [0.05, 0.1) is 5.56 Å². The molecule has 2 rings (SSSR count). The molecule has 0 saturated carbocycles. The van der Waals surface area contributed by atoms with Crippen molar-refractivity contribution in [1.29, 1.82) is 0 Å². The van der Waals surface area contributed by atoms with Crippen LogP contribution in [0.4, 0.5) is 18.0 Å². The lowest BCUT2D eigenvalue weighted by atomic mass is 9.99. The largest absolute Gasteiger partial charge is 0.416 e. The van der Waals surface area contributed by atoms with Crippen LogP contribution in [0.3, 0.4) is 0 Å². The van der Waals surface area contributed by atoms with Crippen LogP contribution in [0.5, 0.6) is 0 Å². The lowest BCUT2D eigenvalue weighted by molar-refractivity contribution is -0.137. The number of nitrogens with one attached hydrogen (secondary N) is 1. The quantitative estimate of drug-likeness (QED) is 0.886. The Labute approximate surface area is 140 Å². The molecule has 1 atom stereocenters. The van der Waals surface area contributed by atoms with Crippen molar-refractivity contribution in [3.05, 3.63) is 35.4 Å². The number of carbonyl (C=O) groups is 1. The number of amides is 2. The molecule has 0 aromatic heterocycles. The van der Waals surface area contributed by atoms with Crippen LogP contribution in [0.15, 0.2) is 24.3 Å². The molecule has 4 nitrogen and oxygen atoms in total. The predicted molar refractivity (Wildman–Crippen MR) is 84.5 cm³/mol. The molecule has 0 radical (unpaired) electrons. The molecule has 1 aromatic rings. The molecule has 0 aliphatic carbocycles. The van der Waals surface area contributed by atoms with Crippen LogP contribution in [-0.4, -0.2) is 37.7 Å². The highest BCUT2D eigenvalue weighted by molar-refractivity contribution is 5.73. The minimum Gasteiger partial charge on any atom is -0.381 e. The van der Waals surface area contributed by atoms with Crippen LogP contribution in [0.1, 0.15) is 30.4 Å². The van der Waals surface area contributed by atoms with E-state index in [4.69, 9.17) is 4.74 Å². The van der Waals surface area contributed by atoms with E-state index in [9.17, 15) is 18.0 Å². The van der Waals surface area contributed by atoms with Gasteiger partial charge >= 0.3 is 12.2 Å². The summed E-state index contributed by atoms with van der Waals surface area (Å²) in [6.45, 7) is 2.21. The number of rotatable bonds is 5. The van der Waals surface area contributed by atoms with Crippen molar-refractivity contribution in [2.24, 2.45) is 5.92 Å². The summed E-state index contributed by atoms with van der Waals surface area (Å²) < 4.78 is 43.5. The third kappa shape index (κ3) is 5.70. The van der Waals surface area contributed by atoms with E-state index in [1.165, 1.54) is 11.0 Å². The fraction of sp³-hybridized carbons (Fsp3) is 0.588. The predicted octanol–water partition coefficient (Wildman–Crippen LogP) is 3.66. The van der Waals surface area contributed by atoms with E-state index in [0.29, 0.717) is 18.0 Å². The average molecular weight is 344 g/mol. The molecule has 1 saturated heterocycles. The molecule has 7 heteroatoms. The van der Waals surface area contributed by atoms with Crippen molar-refractivity contribution in [2.45, 2.75) is 32.0 Å². The van der Waals surface area contributed by atoms with Gasteiger partial charge in [-0.3, -0.25) is 0 Å². The molecule has 2 amide bonds. The summed E-state index contributed by atoms with van der Waals surface area (Å²) in [5, 5.41) is 2.80. The molecule has 24 heavy (non-hydrogen) atoms. The van der Waals surface area contributed by atoms with Crippen LogP contribution in [0, 0.1) is 5.92 Å². The second kappa shape index (κ2) is 8.37. The SMILES string of the molecule is CN(Cc1cccc(C(F)(F)F)c1)C(=O)NCC[C@@H]1CCCOC1. The highest BCUT2D eigenvalue weighted by atomic mass is 19.4. The Morgan fingerprint density at radius 3 is 2.88 bits per heavy atom. The molecule has 134 valence electrons. The fourth-order valence-electron chi connectivity index (χ4n) is 2.74. The lowest BCUT2D eigenvalue weighted by Gasteiger charge is -2.23. The first-order valence-electron chi connectivity index (χ1n) is 8.09. The third-order valence-electron chi connectivity index (χ3n) is 4.10. The topological polar surface area (TPSA) is 41.6 Å². The molecule has 1 aromatic carbocycles. The van der Waals surface area contributed by atoms with Gasteiger partial charge in [0.15, 0.2) is 0 Å². The summed E-state index contributed by atoms with van der Waals surface area (Å²) in [6.07, 6.45) is -1.37. The van der Waals surface area contributed by atoms with Crippen molar-refractivity contribution in [3.63, 3.8) is 0 Å². The summed E-state index contributed by atoms with van der Waals surface area (Å²) >= 11 is 0. The Morgan fingerprint density at radius 2 is 2.21 bits per heavy atom. The monoisotopic (exact) mass is 344 g/mol. The molecule has 0 unspecified atom stereocenters. The van der Waals surface area contributed by atoms with Crippen molar-refractivity contribution >= 4 is 6.03 Å². The van der Waals surface area contributed by atoms with E-state index in [1.54, 1.807) is 13.1 Å². The molecule has 1 fully saturated rings. The molecule has 1 heterocycles. The fourth-order valence-corrected chi connectivity index (χ4v) is 2.74. The number of carbonyl (C=O) groups excluding carboxylic acids is 1. The summed E-state index contributed by atoms with van der Waals surface area (Å²) in [6, 6.07) is 4.74. The zero-order chi connectivity index (χ0) is 17.6. The number of hydrogen-bond donors (Lipinski definition) is 1. The number of benzene rings is 1. The van der Waals surface area contributed by atoms with E-state index in [0.717, 1.165) is 44.6 Å². The average Bonchev–Trinajstić information content (AvgIpc) is 2.55. The maximum Gasteiger partial charge on any atom is 0.416 e.